The molecule has 1 heterocycles. The van der Waals surface area contributed by atoms with Crippen LogP contribution < -0.4 is 0 Å². The fraction of sp³-hybridized carbons (Fsp3) is 1.00. The molecule has 0 aromatic heterocycles. The van der Waals surface area contributed by atoms with Gasteiger partial charge in [-0.25, -0.2) is 0 Å². The van der Waals surface area contributed by atoms with E-state index in [0.29, 0.717) is 3.55 Å². The Balaban J connectivity index is 2.17. The molecule has 0 aromatic rings. The minimum Gasteiger partial charge on any atom is -0.286 e. The molecular weight excluding hydrogens is 213 g/mol. The van der Waals surface area contributed by atoms with Gasteiger partial charge in [0.1, 0.15) is 0 Å². The molecule has 2 atom stereocenters. The molecule has 1 nitrogen and oxygen atoms in total. The maximum atomic E-state index is 2.50. The van der Waals surface area contributed by atoms with Crippen LogP contribution in [-0.2, 0) is 0 Å². The zero-order valence-electron chi connectivity index (χ0n) is 5.45. The van der Waals surface area contributed by atoms with Gasteiger partial charge in [-0.1, -0.05) is 29.5 Å². The molecule has 0 aliphatic carbocycles. The van der Waals surface area contributed by atoms with Crippen molar-refractivity contribution in [3.8, 4) is 0 Å². The van der Waals surface area contributed by atoms with Crippen molar-refractivity contribution in [3.05, 3.63) is 0 Å². The van der Waals surface area contributed by atoms with Gasteiger partial charge < -0.3 is 0 Å². The van der Waals surface area contributed by atoms with Gasteiger partial charge in [-0.05, 0) is 19.9 Å². The smallest absolute Gasteiger partial charge is 0.0831 e. The molecule has 0 radical (unpaired) electrons. The largest absolute Gasteiger partial charge is 0.286 e. The van der Waals surface area contributed by atoms with Crippen LogP contribution in [0.1, 0.15) is 20.3 Å². The van der Waals surface area contributed by atoms with Crippen LogP contribution in [0.5, 0.6) is 0 Å². The number of hydrogen-bond acceptors (Lipinski definition) is 1. The van der Waals surface area contributed by atoms with Crippen LogP contribution in [0.3, 0.4) is 0 Å². The summed E-state index contributed by atoms with van der Waals surface area (Å²) >= 11 is 2.50. The lowest BCUT2D eigenvalue weighted by Gasteiger charge is -2.00. The van der Waals surface area contributed by atoms with Crippen molar-refractivity contribution in [2.75, 3.05) is 13.1 Å². The summed E-state index contributed by atoms with van der Waals surface area (Å²) in [5, 5.41) is 0. The molecule has 0 saturated carbocycles. The van der Waals surface area contributed by atoms with E-state index in [0.717, 1.165) is 0 Å². The number of halogens is 1. The Labute approximate surface area is 64.6 Å². The van der Waals surface area contributed by atoms with Crippen LogP contribution >= 0.6 is 22.6 Å². The standard InChI is InChI=1S/C6H12IN/c1-3-4-8-5-6(8,2)7/h3-5H2,1-2H3. The van der Waals surface area contributed by atoms with Gasteiger partial charge in [0.05, 0.1) is 3.55 Å². The Morgan fingerprint density at radius 2 is 2.25 bits per heavy atom. The fourth-order valence-corrected chi connectivity index (χ4v) is 1.55. The van der Waals surface area contributed by atoms with Gasteiger partial charge in [-0.15, -0.1) is 0 Å². The minimum absolute atomic E-state index is 0.522. The molecule has 1 fully saturated rings. The highest BCUT2D eigenvalue weighted by Gasteiger charge is 2.43. The lowest BCUT2D eigenvalue weighted by molar-refractivity contribution is 0.506. The van der Waals surface area contributed by atoms with Crippen LogP contribution in [0, 0.1) is 0 Å². The van der Waals surface area contributed by atoms with Crippen LogP contribution in [0.4, 0.5) is 0 Å². The zero-order chi connectivity index (χ0) is 6.20. The van der Waals surface area contributed by atoms with Crippen molar-refractivity contribution in [2.45, 2.75) is 23.8 Å². The molecule has 0 bridgehead atoms. The average Bonchev–Trinajstić information content (AvgIpc) is 2.15. The highest BCUT2D eigenvalue weighted by molar-refractivity contribution is 14.1. The summed E-state index contributed by atoms with van der Waals surface area (Å²) in [5.41, 5.74) is 0. The third-order valence-corrected chi connectivity index (χ3v) is 2.55. The van der Waals surface area contributed by atoms with E-state index in [1.807, 2.05) is 0 Å². The summed E-state index contributed by atoms with van der Waals surface area (Å²) in [4.78, 5) is 2.48. The van der Waals surface area contributed by atoms with Crippen molar-refractivity contribution in [1.82, 2.24) is 4.90 Å². The Morgan fingerprint density at radius 3 is 2.38 bits per heavy atom. The molecule has 0 N–H and O–H groups in total. The molecule has 1 saturated heterocycles. The van der Waals surface area contributed by atoms with Crippen molar-refractivity contribution in [3.63, 3.8) is 0 Å². The number of hydrogen-bond donors (Lipinski definition) is 0. The topological polar surface area (TPSA) is 3.01 Å². The van der Waals surface area contributed by atoms with Gasteiger partial charge in [0, 0.05) is 6.54 Å². The second kappa shape index (κ2) is 2.14. The lowest BCUT2D eigenvalue weighted by Crippen LogP contribution is -2.05. The minimum atomic E-state index is 0.522. The van der Waals surface area contributed by atoms with Gasteiger partial charge in [-0.2, -0.15) is 0 Å². The molecule has 1 aliphatic heterocycles. The first-order chi connectivity index (χ1) is 3.67. The predicted molar refractivity (Wildman–Crippen MR) is 44.3 cm³/mol. The number of nitrogens with zero attached hydrogens (tertiary/aromatic N) is 1. The van der Waals surface area contributed by atoms with E-state index in [-0.39, 0.29) is 0 Å². The molecule has 1 aliphatic rings. The first kappa shape index (κ1) is 6.81. The fourth-order valence-electron chi connectivity index (χ4n) is 0.895. The van der Waals surface area contributed by atoms with Gasteiger partial charge in [0.2, 0.25) is 0 Å². The van der Waals surface area contributed by atoms with Crippen molar-refractivity contribution < 1.29 is 0 Å². The summed E-state index contributed by atoms with van der Waals surface area (Å²) in [6, 6.07) is 0. The Kier molecular flexibility index (Phi) is 1.82. The average molecular weight is 225 g/mol. The van der Waals surface area contributed by atoms with E-state index in [1.165, 1.54) is 19.5 Å². The molecule has 0 amide bonds. The molecule has 0 spiro atoms. The molecule has 0 aromatic carbocycles. The number of rotatable bonds is 2. The van der Waals surface area contributed by atoms with Crippen LogP contribution in [0.15, 0.2) is 0 Å². The molecule has 2 heteroatoms. The van der Waals surface area contributed by atoms with Gasteiger partial charge in [0.15, 0.2) is 0 Å². The first-order valence-corrected chi connectivity index (χ1v) is 4.18. The van der Waals surface area contributed by atoms with Crippen molar-refractivity contribution in [1.29, 1.82) is 0 Å². The highest BCUT2D eigenvalue weighted by atomic mass is 127. The lowest BCUT2D eigenvalue weighted by atomic mass is 10.5. The molecule has 48 valence electrons. The second-order valence-electron chi connectivity index (χ2n) is 2.56. The van der Waals surface area contributed by atoms with Crippen LogP contribution in [0.25, 0.3) is 0 Å². The first-order valence-electron chi connectivity index (χ1n) is 3.11. The number of alkyl halides is 1. The Morgan fingerprint density at radius 1 is 1.75 bits per heavy atom. The molecule has 8 heavy (non-hydrogen) atoms. The summed E-state index contributed by atoms with van der Waals surface area (Å²) in [5.74, 6) is 0. The highest BCUT2D eigenvalue weighted by Crippen LogP contribution is 2.37. The summed E-state index contributed by atoms with van der Waals surface area (Å²) in [6.07, 6.45) is 1.29. The maximum Gasteiger partial charge on any atom is 0.0831 e. The summed E-state index contributed by atoms with van der Waals surface area (Å²) < 4.78 is 0.522. The van der Waals surface area contributed by atoms with E-state index in [9.17, 15) is 0 Å². The SMILES string of the molecule is CCCN1CC1(C)I. The predicted octanol–water partition coefficient (Wildman–Crippen LogP) is 1.86. The van der Waals surface area contributed by atoms with Gasteiger partial charge in [0.25, 0.3) is 0 Å². The van der Waals surface area contributed by atoms with E-state index in [1.54, 1.807) is 0 Å². The van der Waals surface area contributed by atoms with Crippen molar-refractivity contribution >= 4 is 22.6 Å². The zero-order valence-corrected chi connectivity index (χ0v) is 7.60. The van der Waals surface area contributed by atoms with E-state index >= 15 is 0 Å². The Hall–Kier alpha value is 0.690. The maximum absolute atomic E-state index is 2.50. The molecular formula is C6H12IN. The van der Waals surface area contributed by atoms with E-state index in [4.69, 9.17) is 0 Å². The quantitative estimate of drug-likeness (QED) is 0.300. The third-order valence-electron chi connectivity index (χ3n) is 1.53. The second-order valence-corrected chi connectivity index (χ2v) is 4.89. The third kappa shape index (κ3) is 1.35. The van der Waals surface area contributed by atoms with E-state index in [2.05, 4.69) is 41.3 Å². The van der Waals surface area contributed by atoms with Crippen LogP contribution in [0.2, 0.25) is 0 Å². The van der Waals surface area contributed by atoms with Crippen molar-refractivity contribution in [2.24, 2.45) is 0 Å². The summed E-state index contributed by atoms with van der Waals surface area (Å²) in [7, 11) is 0. The van der Waals surface area contributed by atoms with Gasteiger partial charge in [-0.3, -0.25) is 4.90 Å². The molecule has 1 rings (SSSR count). The monoisotopic (exact) mass is 225 g/mol. The summed E-state index contributed by atoms with van der Waals surface area (Å²) in [6.45, 7) is 7.08. The van der Waals surface area contributed by atoms with Crippen LogP contribution in [-0.4, -0.2) is 21.5 Å². The van der Waals surface area contributed by atoms with Gasteiger partial charge >= 0.3 is 0 Å². The van der Waals surface area contributed by atoms with E-state index < -0.39 is 0 Å². The normalized spacial score (nSPS) is 44.6. The Bertz CT molecular complexity index is 90.5. The molecule has 2 unspecified atom stereocenters.